The minimum absolute atomic E-state index is 0. The van der Waals surface area contributed by atoms with Crippen LogP contribution in [0.4, 0.5) is 0 Å². The molecule has 3 rings (SSSR count). The topological polar surface area (TPSA) is 48.9 Å². The number of hydrogen-bond donors (Lipinski definition) is 2. The van der Waals surface area contributed by atoms with Gasteiger partial charge in [0.05, 0.1) is 12.6 Å². The van der Waals surface area contributed by atoms with Crippen molar-refractivity contribution in [3.63, 3.8) is 0 Å². The van der Waals surface area contributed by atoms with E-state index in [-0.39, 0.29) is 24.0 Å². The third-order valence-corrected chi connectivity index (χ3v) is 5.48. The Balaban J connectivity index is 0.00000320. The van der Waals surface area contributed by atoms with Gasteiger partial charge in [0.15, 0.2) is 5.96 Å². The van der Waals surface area contributed by atoms with Gasteiger partial charge >= 0.3 is 0 Å². The first-order chi connectivity index (χ1) is 14.3. The minimum atomic E-state index is 0. The van der Waals surface area contributed by atoms with Crippen LogP contribution in [0.25, 0.3) is 0 Å². The highest BCUT2D eigenvalue weighted by atomic mass is 127. The van der Waals surface area contributed by atoms with Crippen LogP contribution in [-0.2, 0) is 17.9 Å². The van der Waals surface area contributed by atoms with Crippen molar-refractivity contribution in [2.75, 3.05) is 33.3 Å². The number of likely N-dealkylation sites (tertiary alicyclic amines) is 1. The molecule has 164 valence electrons. The number of aliphatic imine (C=N–C) groups is 1. The summed E-state index contributed by atoms with van der Waals surface area (Å²) in [7, 11) is 1.83. The standard InChI is InChI=1S/C24H34N4O.HI/c1-3-29-19-22-14-8-7-13-21(22)17-26-24(25-2)27-18-23(28-15-9-10-16-28)20-11-5-4-6-12-20;/h4-8,11-14,23H,3,9-10,15-19H2,1-2H3,(H2,25,26,27);1H. The van der Waals surface area contributed by atoms with E-state index in [2.05, 4.69) is 75.1 Å². The number of guanidine groups is 1. The maximum atomic E-state index is 5.60. The van der Waals surface area contributed by atoms with Crippen LogP contribution < -0.4 is 10.6 Å². The maximum Gasteiger partial charge on any atom is 0.191 e. The summed E-state index contributed by atoms with van der Waals surface area (Å²) < 4.78 is 5.60. The zero-order valence-electron chi connectivity index (χ0n) is 18.1. The molecule has 1 heterocycles. The Hall–Kier alpha value is -1.64. The van der Waals surface area contributed by atoms with Crippen LogP contribution in [-0.4, -0.2) is 44.1 Å². The van der Waals surface area contributed by atoms with E-state index < -0.39 is 0 Å². The molecular weight excluding hydrogens is 487 g/mol. The molecule has 0 radical (unpaired) electrons. The second kappa shape index (κ2) is 13.6. The molecule has 2 aromatic rings. The molecule has 0 saturated carbocycles. The highest BCUT2D eigenvalue weighted by Gasteiger charge is 2.23. The maximum absolute atomic E-state index is 5.60. The van der Waals surface area contributed by atoms with Crippen LogP contribution in [0.2, 0.25) is 0 Å². The molecule has 1 atom stereocenters. The smallest absolute Gasteiger partial charge is 0.191 e. The molecule has 0 aromatic heterocycles. The van der Waals surface area contributed by atoms with E-state index in [1.165, 1.54) is 29.5 Å². The van der Waals surface area contributed by atoms with E-state index in [0.29, 0.717) is 12.6 Å². The number of benzene rings is 2. The summed E-state index contributed by atoms with van der Waals surface area (Å²) in [5.74, 6) is 0.830. The second-order valence-corrected chi connectivity index (χ2v) is 7.38. The van der Waals surface area contributed by atoms with Crippen molar-refractivity contribution in [1.29, 1.82) is 0 Å². The van der Waals surface area contributed by atoms with Crippen LogP contribution in [0.15, 0.2) is 59.6 Å². The predicted octanol–water partition coefficient (Wildman–Crippen LogP) is 4.34. The van der Waals surface area contributed by atoms with Crippen LogP contribution in [0.1, 0.15) is 42.5 Å². The number of nitrogens with zero attached hydrogens (tertiary/aromatic N) is 2. The van der Waals surface area contributed by atoms with Crippen molar-refractivity contribution in [3.8, 4) is 0 Å². The molecule has 1 fully saturated rings. The van der Waals surface area contributed by atoms with Crippen molar-refractivity contribution in [2.24, 2.45) is 4.99 Å². The fourth-order valence-electron chi connectivity index (χ4n) is 3.86. The zero-order valence-corrected chi connectivity index (χ0v) is 20.5. The van der Waals surface area contributed by atoms with Crippen LogP contribution >= 0.6 is 24.0 Å². The highest BCUT2D eigenvalue weighted by molar-refractivity contribution is 14.0. The molecule has 1 unspecified atom stereocenters. The molecule has 5 nitrogen and oxygen atoms in total. The van der Waals surface area contributed by atoms with Crippen molar-refractivity contribution >= 4 is 29.9 Å². The third-order valence-electron chi connectivity index (χ3n) is 5.48. The second-order valence-electron chi connectivity index (χ2n) is 7.38. The van der Waals surface area contributed by atoms with Gasteiger partial charge in [-0.05, 0) is 49.5 Å². The average Bonchev–Trinajstić information content (AvgIpc) is 3.30. The van der Waals surface area contributed by atoms with E-state index in [1.807, 2.05) is 14.0 Å². The van der Waals surface area contributed by atoms with E-state index in [0.717, 1.165) is 38.7 Å². The van der Waals surface area contributed by atoms with E-state index >= 15 is 0 Å². The number of nitrogens with one attached hydrogen (secondary N) is 2. The lowest BCUT2D eigenvalue weighted by Gasteiger charge is -2.29. The molecule has 2 N–H and O–H groups in total. The van der Waals surface area contributed by atoms with Gasteiger partial charge in [0.25, 0.3) is 0 Å². The zero-order chi connectivity index (χ0) is 20.3. The largest absolute Gasteiger partial charge is 0.377 e. The first-order valence-corrected chi connectivity index (χ1v) is 10.7. The number of ether oxygens (including phenoxy) is 1. The van der Waals surface area contributed by atoms with Crippen LogP contribution in [0.3, 0.4) is 0 Å². The van der Waals surface area contributed by atoms with Gasteiger partial charge in [0.1, 0.15) is 0 Å². The van der Waals surface area contributed by atoms with Crippen molar-refractivity contribution in [3.05, 3.63) is 71.3 Å². The van der Waals surface area contributed by atoms with Crippen molar-refractivity contribution in [1.82, 2.24) is 15.5 Å². The summed E-state index contributed by atoms with van der Waals surface area (Å²) in [6.45, 7) is 7.28. The van der Waals surface area contributed by atoms with Crippen molar-refractivity contribution < 1.29 is 4.74 Å². The fourth-order valence-corrected chi connectivity index (χ4v) is 3.86. The van der Waals surface area contributed by atoms with E-state index in [4.69, 9.17) is 4.74 Å². The molecule has 30 heavy (non-hydrogen) atoms. The van der Waals surface area contributed by atoms with Gasteiger partial charge in [-0.15, -0.1) is 24.0 Å². The number of hydrogen-bond acceptors (Lipinski definition) is 3. The third kappa shape index (κ3) is 7.25. The first kappa shape index (κ1) is 24.6. The Labute approximate surface area is 198 Å². The lowest BCUT2D eigenvalue weighted by molar-refractivity contribution is 0.133. The molecule has 0 aliphatic carbocycles. The van der Waals surface area contributed by atoms with Crippen molar-refractivity contribution in [2.45, 2.75) is 39.0 Å². The fraction of sp³-hybridized carbons (Fsp3) is 0.458. The molecular formula is C24H35IN4O. The van der Waals surface area contributed by atoms with Gasteiger partial charge < -0.3 is 15.4 Å². The Bertz CT molecular complexity index is 763. The number of halogens is 1. The van der Waals surface area contributed by atoms with E-state index in [1.54, 1.807) is 0 Å². The summed E-state index contributed by atoms with van der Waals surface area (Å²) in [5.41, 5.74) is 3.82. The average molecular weight is 522 g/mol. The van der Waals surface area contributed by atoms with Crippen LogP contribution in [0, 0.1) is 0 Å². The Kier molecular flexibility index (Phi) is 11.2. The van der Waals surface area contributed by atoms with Gasteiger partial charge in [-0.3, -0.25) is 9.89 Å². The molecule has 1 aliphatic heterocycles. The molecule has 2 aromatic carbocycles. The van der Waals surface area contributed by atoms with Gasteiger partial charge in [-0.2, -0.15) is 0 Å². The van der Waals surface area contributed by atoms with Crippen LogP contribution in [0.5, 0.6) is 0 Å². The highest BCUT2D eigenvalue weighted by Crippen LogP contribution is 2.24. The Morgan fingerprint density at radius 2 is 1.67 bits per heavy atom. The summed E-state index contributed by atoms with van der Waals surface area (Å²) in [6, 6.07) is 19.6. The Morgan fingerprint density at radius 1 is 1.00 bits per heavy atom. The quantitative estimate of drug-likeness (QED) is 0.292. The Morgan fingerprint density at radius 3 is 2.33 bits per heavy atom. The number of rotatable bonds is 9. The molecule has 0 amide bonds. The lowest BCUT2D eigenvalue weighted by Crippen LogP contribution is -2.42. The first-order valence-electron chi connectivity index (χ1n) is 10.7. The lowest BCUT2D eigenvalue weighted by atomic mass is 10.1. The SMILES string of the molecule is CCOCc1ccccc1CNC(=NC)NCC(c1ccccc1)N1CCCC1.I. The summed E-state index contributed by atoms with van der Waals surface area (Å²) in [5, 5.41) is 7.01. The summed E-state index contributed by atoms with van der Waals surface area (Å²) in [6.07, 6.45) is 2.57. The molecule has 0 bridgehead atoms. The molecule has 1 saturated heterocycles. The van der Waals surface area contributed by atoms with Gasteiger partial charge in [0.2, 0.25) is 0 Å². The minimum Gasteiger partial charge on any atom is -0.377 e. The molecule has 0 spiro atoms. The van der Waals surface area contributed by atoms with E-state index in [9.17, 15) is 0 Å². The normalized spacial score (nSPS) is 15.5. The van der Waals surface area contributed by atoms with Gasteiger partial charge in [-0.1, -0.05) is 54.6 Å². The summed E-state index contributed by atoms with van der Waals surface area (Å²) >= 11 is 0. The molecule has 1 aliphatic rings. The monoisotopic (exact) mass is 522 g/mol. The summed E-state index contributed by atoms with van der Waals surface area (Å²) in [4.78, 5) is 7.01. The van der Waals surface area contributed by atoms with Gasteiger partial charge in [-0.25, -0.2) is 0 Å². The molecule has 6 heteroatoms. The predicted molar refractivity (Wildman–Crippen MR) is 135 cm³/mol. The van der Waals surface area contributed by atoms with Gasteiger partial charge in [0, 0.05) is 26.7 Å².